The van der Waals surface area contributed by atoms with Gasteiger partial charge in [-0.05, 0) is 23.8 Å². The quantitative estimate of drug-likeness (QED) is 0.858. The van der Waals surface area contributed by atoms with E-state index < -0.39 is 44.8 Å². The average Bonchev–Trinajstić information content (AvgIpc) is 2.44. The Bertz CT molecular complexity index is 798. The second-order valence-electron chi connectivity index (χ2n) is 4.63. The van der Waals surface area contributed by atoms with Crippen molar-refractivity contribution < 1.29 is 30.4 Å². The summed E-state index contributed by atoms with van der Waals surface area (Å²) in [6.07, 6.45) is -4.55. The average molecular weight is 351 g/mol. The number of rotatable bonds is 4. The van der Waals surface area contributed by atoms with Crippen LogP contribution in [0.5, 0.6) is 0 Å². The molecule has 2 aromatic carbocycles. The predicted octanol–water partition coefficient (Wildman–Crippen LogP) is 3.46. The Kier molecular flexibility index (Phi) is 4.71. The summed E-state index contributed by atoms with van der Waals surface area (Å²) < 4.78 is 89.7. The van der Waals surface area contributed by atoms with E-state index in [4.69, 9.17) is 0 Å². The van der Waals surface area contributed by atoms with E-state index in [9.17, 15) is 30.4 Å². The fraction of sp³-hybridized carbons (Fsp3) is 0.143. The lowest BCUT2D eigenvalue weighted by atomic mass is 10.1. The zero-order valence-corrected chi connectivity index (χ0v) is 12.2. The molecule has 0 saturated carbocycles. The van der Waals surface area contributed by atoms with Crippen molar-refractivity contribution in [3.05, 3.63) is 65.2 Å². The number of benzene rings is 2. The second kappa shape index (κ2) is 6.25. The van der Waals surface area contributed by atoms with E-state index >= 15 is 0 Å². The molecule has 0 aromatic heterocycles. The van der Waals surface area contributed by atoms with Gasteiger partial charge in [0.15, 0.2) is 0 Å². The standard InChI is InChI=1S/C14H10F5NO2S/c15-11-5-12(16)7-13(6-11)23(21,22)20-8-9-2-1-3-10(4-9)14(17,18)19/h1-7,20H,8H2. The fourth-order valence-electron chi connectivity index (χ4n) is 1.80. The van der Waals surface area contributed by atoms with E-state index in [0.717, 1.165) is 18.2 Å². The van der Waals surface area contributed by atoms with Crippen LogP contribution >= 0.6 is 0 Å². The number of hydrogen-bond acceptors (Lipinski definition) is 2. The van der Waals surface area contributed by atoms with Crippen LogP contribution in [0.15, 0.2) is 47.4 Å². The molecule has 0 bridgehead atoms. The van der Waals surface area contributed by atoms with Crippen LogP contribution in [-0.2, 0) is 22.7 Å². The summed E-state index contributed by atoms with van der Waals surface area (Å²) in [5, 5.41) is 0. The second-order valence-corrected chi connectivity index (χ2v) is 6.39. The normalized spacial score (nSPS) is 12.4. The molecular weight excluding hydrogens is 341 g/mol. The SMILES string of the molecule is O=S(=O)(NCc1cccc(C(F)(F)F)c1)c1cc(F)cc(F)c1. The van der Waals surface area contributed by atoms with Crippen LogP contribution in [0, 0.1) is 11.6 Å². The molecule has 0 aliphatic heterocycles. The molecule has 1 N–H and O–H groups in total. The van der Waals surface area contributed by atoms with Crippen molar-refractivity contribution in [3.8, 4) is 0 Å². The van der Waals surface area contributed by atoms with E-state index in [-0.39, 0.29) is 5.56 Å². The Morgan fingerprint density at radius 1 is 0.957 bits per heavy atom. The van der Waals surface area contributed by atoms with Crippen LogP contribution in [0.2, 0.25) is 0 Å². The molecule has 0 radical (unpaired) electrons. The maximum atomic E-state index is 13.0. The Balaban J connectivity index is 2.20. The number of hydrogen-bond donors (Lipinski definition) is 1. The van der Waals surface area contributed by atoms with Gasteiger partial charge < -0.3 is 0 Å². The van der Waals surface area contributed by atoms with Crippen molar-refractivity contribution >= 4 is 10.0 Å². The van der Waals surface area contributed by atoms with E-state index in [1.165, 1.54) is 6.07 Å². The minimum Gasteiger partial charge on any atom is -0.207 e. The van der Waals surface area contributed by atoms with E-state index in [0.29, 0.717) is 18.2 Å². The Morgan fingerprint density at radius 2 is 1.57 bits per heavy atom. The molecule has 0 fully saturated rings. The van der Waals surface area contributed by atoms with E-state index in [2.05, 4.69) is 0 Å². The van der Waals surface area contributed by atoms with Gasteiger partial charge in [0.2, 0.25) is 10.0 Å². The zero-order chi connectivity index (χ0) is 17.3. The molecule has 0 spiro atoms. The third-order valence-corrected chi connectivity index (χ3v) is 4.25. The summed E-state index contributed by atoms with van der Waals surface area (Å²) in [7, 11) is -4.26. The number of nitrogens with one attached hydrogen (secondary N) is 1. The summed E-state index contributed by atoms with van der Waals surface area (Å²) >= 11 is 0. The molecule has 0 aliphatic rings. The number of halogens is 5. The van der Waals surface area contributed by atoms with Crippen LogP contribution in [0.3, 0.4) is 0 Å². The molecule has 2 rings (SSSR count). The summed E-state index contributed by atoms with van der Waals surface area (Å²) in [5.41, 5.74) is -0.869. The third kappa shape index (κ3) is 4.49. The molecule has 9 heteroatoms. The first kappa shape index (κ1) is 17.4. The van der Waals surface area contributed by atoms with E-state index in [1.54, 1.807) is 0 Å². The van der Waals surface area contributed by atoms with Gasteiger partial charge in [0.1, 0.15) is 11.6 Å². The van der Waals surface area contributed by atoms with Crippen molar-refractivity contribution in [1.82, 2.24) is 4.72 Å². The maximum absolute atomic E-state index is 13.0. The lowest BCUT2D eigenvalue weighted by molar-refractivity contribution is -0.137. The molecule has 0 saturated heterocycles. The minimum atomic E-state index is -4.55. The van der Waals surface area contributed by atoms with Gasteiger partial charge in [0, 0.05) is 12.6 Å². The first-order valence-corrected chi connectivity index (χ1v) is 7.68. The summed E-state index contributed by atoms with van der Waals surface area (Å²) in [6, 6.07) is 5.79. The number of alkyl halides is 3. The van der Waals surface area contributed by atoms with E-state index in [1.807, 2.05) is 4.72 Å². The first-order chi connectivity index (χ1) is 10.6. The minimum absolute atomic E-state index is 0.0558. The van der Waals surface area contributed by atoms with Crippen molar-refractivity contribution in [1.29, 1.82) is 0 Å². The molecule has 0 aliphatic carbocycles. The first-order valence-electron chi connectivity index (χ1n) is 6.20. The van der Waals surface area contributed by atoms with Crippen LogP contribution in [-0.4, -0.2) is 8.42 Å². The highest BCUT2D eigenvalue weighted by atomic mass is 32.2. The van der Waals surface area contributed by atoms with Crippen LogP contribution < -0.4 is 4.72 Å². The topological polar surface area (TPSA) is 46.2 Å². The highest BCUT2D eigenvalue weighted by molar-refractivity contribution is 7.89. The van der Waals surface area contributed by atoms with Crippen LogP contribution in [0.25, 0.3) is 0 Å². The molecule has 0 atom stereocenters. The highest BCUT2D eigenvalue weighted by Crippen LogP contribution is 2.29. The zero-order valence-electron chi connectivity index (χ0n) is 11.4. The van der Waals surface area contributed by atoms with Crippen molar-refractivity contribution in [2.24, 2.45) is 0 Å². The summed E-state index contributed by atoms with van der Waals surface area (Å²) in [6.45, 7) is -0.454. The Labute approximate surface area is 128 Å². The summed E-state index contributed by atoms with van der Waals surface area (Å²) in [5.74, 6) is -2.16. The van der Waals surface area contributed by atoms with Gasteiger partial charge in [-0.2, -0.15) is 13.2 Å². The van der Waals surface area contributed by atoms with Gasteiger partial charge >= 0.3 is 6.18 Å². The lowest BCUT2D eigenvalue weighted by Crippen LogP contribution is -2.23. The van der Waals surface area contributed by atoms with Gasteiger partial charge in [-0.3, -0.25) is 0 Å². The molecule has 3 nitrogen and oxygen atoms in total. The molecule has 0 heterocycles. The number of sulfonamides is 1. The monoisotopic (exact) mass is 351 g/mol. The molecule has 0 amide bonds. The van der Waals surface area contributed by atoms with Gasteiger partial charge in [-0.1, -0.05) is 18.2 Å². The maximum Gasteiger partial charge on any atom is 0.416 e. The fourth-order valence-corrected chi connectivity index (χ4v) is 2.86. The molecule has 124 valence electrons. The smallest absolute Gasteiger partial charge is 0.207 e. The molecular formula is C14H10F5NO2S. The van der Waals surface area contributed by atoms with Crippen molar-refractivity contribution in [2.75, 3.05) is 0 Å². The van der Waals surface area contributed by atoms with Crippen LogP contribution in [0.1, 0.15) is 11.1 Å². The Hall–Kier alpha value is -2.00. The van der Waals surface area contributed by atoms with Crippen molar-refractivity contribution in [2.45, 2.75) is 17.6 Å². The van der Waals surface area contributed by atoms with Gasteiger partial charge in [-0.25, -0.2) is 21.9 Å². The van der Waals surface area contributed by atoms with Crippen molar-refractivity contribution in [3.63, 3.8) is 0 Å². The van der Waals surface area contributed by atoms with Crippen LogP contribution in [0.4, 0.5) is 22.0 Å². The highest BCUT2D eigenvalue weighted by Gasteiger charge is 2.30. The molecule has 23 heavy (non-hydrogen) atoms. The summed E-state index contributed by atoms with van der Waals surface area (Å²) in [4.78, 5) is -0.651. The molecule has 0 unspecified atom stereocenters. The van der Waals surface area contributed by atoms with Gasteiger partial charge in [0.25, 0.3) is 0 Å². The molecule has 2 aromatic rings. The largest absolute Gasteiger partial charge is 0.416 e. The van der Waals surface area contributed by atoms with Gasteiger partial charge in [0.05, 0.1) is 10.5 Å². The van der Waals surface area contributed by atoms with Gasteiger partial charge in [-0.15, -0.1) is 0 Å². The third-order valence-electron chi connectivity index (χ3n) is 2.87. The lowest BCUT2D eigenvalue weighted by Gasteiger charge is -2.10. The Morgan fingerprint density at radius 3 is 2.13 bits per heavy atom. The predicted molar refractivity (Wildman–Crippen MR) is 71.8 cm³/mol.